The third kappa shape index (κ3) is 2.65. The van der Waals surface area contributed by atoms with Crippen LogP contribution in [0.5, 0.6) is 5.75 Å². The van der Waals surface area contributed by atoms with Crippen molar-refractivity contribution in [1.29, 1.82) is 0 Å². The van der Waals surface area contributed by atoms with E-state index in [4.69, 9.17) is 4.74 Å². The maximum absolute atomic E-state index is 5.34. The average molecular weight is 247 g/mol. The Morgan fingerprint density at radius 1 is 1.44 bits per heavy atom. The summed E-state index contributed by atoms with van der Waals surface area (Å²) in [6, 6.07) is 3.60. The van der Waals surface area contributed by atoms with Crippen molar-refractivity contribution in [2.75, 3.05) is 13.7 Å². The number of hydrogen-bond acceptors (Lipinski definition) is 5. The van der Waals surface area contributed by atoms with Gasteiger partial charge in [-0.25, -0.2) is 4.98 Å². The molecular formula is C12H17N5O. The van der Waals surface area contributed by atoms with E-state index in [1.54, 1.807) is 13.3 Å². The van der Waals surface area contributed by atoms with Crippen molar-refractivity contribution in [3.05, 3.63) is 36.2 Å². The Kier molecular flexibility index (Phi) is 4.25. The minimum Gasteiger partial charge on any atom is -0.495 e. The second-order valence-corrected chi connectivity index (χ2v) is 3.85. The van der Waals surface area contributed by atoms with Gasteiger partial charge in [-0.15, -0.1) is 0 Å². The van der Waals surface area contributed by atoms with Gasteiger partial charge in [0.15, 0.2) is 0 Å². The number of nitrogens with zero attached hydrogens (tertiary/aromatic N) is 3. The van der Waals surface area contributed by atoms with Crippen LogP contribution in [0.3, 0.4) is 0 Å². The highest BCUT2D eigenvalue weighted by Gasteiger charge is 2.21. The minimum absolute atomic E-state index is 0.136. The van der Waals surface area contributed by atoms with Gasteiger partial charge >= 0.3 is 0 Å². The zero-order chi connectivity index (χ0) is 12.8. The molecule has 0 fully saturated rings. The fraction of sp³-hybridized carbons (Fsp3) is 0.417. The largest absolute Gasteiger partial charge is 0.495 e. The fourth-order valence-corrected chi connectivity index (χ4v) is 1.76. The lowest BCUT2D eigenvalue weighted by molar-refractivity contribution is 0.398. The minimum atomic E-state index is -0.136. The van der Waals surface area contributed by atoms with Crippen LogP contribution < -0.4 is 10.1 Å². The average Bonchev–Trinajstić information content (AvgIpc) is 2.94. The molecule has 2 heterocycles. The Balaban J connectivity index is 2.33. The summed E-state index contributed by atoms with van der Waals surface area (Å²) in [5, 5.41) is 10.2. The van der Waals surface area contributed by atoms with E-state index in [-0.39, 0.29) is 6.04 Å². The summed E-state index contributed by atoms with van der Waals surface area (Å²) in [5.74, 6) is 1.47. The van der Waals surface area contributed by atoms with Crippen LogP contribution in [-0.4, -0.2) is 33.8 Å². The lowest BCUT2D eigenvalue weighted by atomic mass is 10.1. The number of ether oxygens (including phenoxy) is 1. The molecule has 96 valence electrons. The van der Waals surface area contributed by atoms with E-state index < -0.39 is 0 Å². The summed E-state index contributed by atoms with van der Waals surface area (Å²) < 4.78 is 5.34. The molecule has 2 rings (SSSR count). The number of aromatic nitrogens is 4. The zero-order valence-electron chi connectivity index (χ0n) is 10.6. The van der Waals surface area contributed by atoms with Gasteiger partial charge in [0.05, 0.1) is 7.11 Å². The summed E-state index contributed by atoms with van der Waals surface area (Å²) in [6.45, 7) is 2.98. The first kappa shape index (κ1) is 12.5. The molecule has 0 amide bonds. The van der Waals surface area contributed by atoms with Gasteiger partial charge in [0.2, 0.25) is 0 Å². The molecule has 0 bridgehead atoms. The smallest absolute Gasteiger partial charge is 0.147 e. The molecular weight excluding hydrogens is 230 g/mol. The molecule has 6 heteroatoms. The molecule has 1 atom stereocenters. The molecule has 0 radical (unpaired) electrons. The lowest BCUT2D eigenvalue weighted by Crippen LogP contribution is -2.25. The topological polar surface area (TPSA) is 75.7 Å². The highest BCUT2D eigenvalue weighted by molar-refractivity contribution is 5.32. The highest BCUT2D eigenvalue weighted by atomic mass is 16.5. The van der Waals surface area contributed by atoms with Gasteiger partial charge in [-0.2, -0.15) is 5.10 Å². The Hall–Kier alpha value is -1.95. The molecule has 2 aromatic rings. The van der Waals surface area contributed by atoms with Crippen LogP contribution in [0.25, 0.3) is 0 Å². The van der Waals surface area contributed by atoms with Crippen LogP contribution in [0.2, 0.25) is 0 Å². The number of H-pyrrole nitrogens is 1. The third-order valence-corrected chi connectivity index (χ3v) is 2.60. The summed E-state index contributed by atoms with van der Waals surface area (Å²) >= 11 is 0. The van der Waals surface area contributed by atoms with Gasteiger partial charge in [0, 0.05) is 6.20 Å². The molecule has 18 heavy (non-hydrogen) atoms. The van der Waals surface area contributed by atoms with Crippen LogP contribution in [0.4, 0.5) is 0 Å². The lowest BCUT2D eigenvalue weighted by Gasteiger charge is -2.17. The molecule has 2 aromatic heterocycles. The molecule has 0 saturated carbocycles. The molecule has 0 aliphatic carbocycles. The Morgan fingerprint density at radius 2 is 2.33 bits per heavy atom. The van der Waals surface area contributed by atoms with Gasteiger partial charge < -0.3 is 10.1 Å². The quantitative estimate of drug-likeness (QED) is 0.804. The summed E-state index contributed by atoms with van der Waals surface area (Å²) in [6.07, 6.45) is 4.26. The van der Waals surface area contributed by atoms with Crippen molar-refractivity contribution in [1.82, 2.24) is 25.5 Å². The number of hydrogen-bond donors (Lipinski definition) is 2. The van der Waals surface area contributed by atoms with E-state index in [1.807, 2.05) is 12.1 Å². The van der Waals surface area contributed by atoms with Crippen molar-refractivity contribution in [3.8, 4) is 5.75 Å². The van der Waals surface area contributed by atoms with Crippen LogP contribution in [0, 0.1) is 0 Å². The standard InChI is InChI=1S/C12H17N5O/c1-3-6-13-11(12-15-8-16-17-12)10-9(18-2)5-4-7-14-10/h4-5,7-8,11,13H,3,6H2,1-2H3,(H,15,16,17). The van der Waals surface area contributed by atoms with E-state index in [1.165, 1.54) is 6.33 Å². The summed E-state index contributed by atoms with van der Waals surface area (Å²) in [5.41, 5.74) is 0.810. The van der Waals surface area contributed by atoms with Gasteiger partial charge in [-0.3, -0.25) is 10.1 Å². The van der Waals surface area contributed by atoms with Crippen molar-refractivity contribution in [2.24, 2.45) is 0 Å². The Morgan fingerprint density at radius 3 is 3.00 bits per heavy atom. The Labute approximate surface area is 106 Å². The maximum atomic E-state index is 5.34. The first-order chi connectivity index (χ1) is 8.86. The van der Waals surface area contributed by atoms with E-state index in [9.17, 15) is 0 Å². The predicted molar refractivity (Wildman–Crippen MR) is 67.3 cm³/mol. The van der Waals surface area contributed by atoms with Crippen LogP contribution in [-0.2, 0) is 0 Å². The summed E-state index contributed by atoms with van der Waals surface area (Å²) in [7, 11) is 1.64. The van der Waals surface area contributed by atoms with Crippen molar-refractivity contribution < 1.29 is 4.74 Å². The van der Waals surface area contributed by atoms with E-state index in [0.717, 1.165) is 30.2 Å². The SMILES string of the molecule is CCCNC(c1ncn[nH]1)c1ncccc1OC. The van der Waals surface area contributed by atoms with Crippen molar-refractivity contribution in [2.45, 2.75) is 19.4 Å². The van der Waals surface area contributed by atoms with Crippen LogP contribution >= 0.6 is 0 Å². The van der Waals surface area contributed by atoms with Crippen molar-refractivity contribution in [3.63, 3.8) is 0 Å². The predicted octanol–water partition coefficient (Wildman–Crippen LogP) is 1.30. The number of nitrogens with one attached hydrogen (secondary N) is 2. The molecule has 0 spiro atoms. The van der Waals surface area contributed by atoms with Crippen LogP contribution in [0.15, 0.2) is 24.7 Å². The first-order valence-corrected chi connectivity index (χ1v) is 5.94. The van der Waals surface area contributed by atoms with Crippen molar-refractivity contribution >= 4 is 0 Å². The summed E-state index contributed by atoms with van der Waals surface area (Å²) in [4.78, 5) is 8.58. The number of aromatic amines is 1. The molecule has 0 aliphatic rings. The fourth-order valence-electron chi connectivity index (χ4n) is 1.76. The first-order valence-electron chi connectivity index (χ1n) is 5.94. The van der Waals surface area contributed by atoms with Gasteiger partial charge in [-0.05, 0) is 25.1 Å². The van der Waals surface area contributed by atoms with Crippen LogP contribution in [0.1, 0.15) is 30.9 Å². The number of pyridine rings is 1. The molecule has 1 unspecified atom stereocenters. The van der Waals surface area contributed by atoms with Gasteiger partial charge in [0.1, 0.15) is 29.6 Å². The second-order valence-electron chi connectivity index (χ2n) is 3.85. The van der Waals surface area contributed by atoms with Gasteiger partial charge in [-0.1, -0.05) is 6.92 Å². The number of methoxy groups -OCH3 is 1. The number of rotatable bonds is 6. The maximum Gasteiger partial charge on any atom is 0.147 e. The molecule has 0 aromatic carbocycles. The third-order valence-electron chi connectivity index (χ3n) is 2.60. The molecule has 2 N–H and O–H groups in total. The Bertz CT molecular complexity index is 471. The molecule has 0 saturated heterocycles. The normalized spacial score (nSPS) is 12.3. The van der Waals surface area contributed by atoms with E-state index in [0.29, 0.717) is 0 Å². The van der Waals surface area contributed by atoms with E-state index >= 15 is 0 Å². The monoisotopic (exact) mass is 247 g/mol. The molecule has 0 aliphatic heterocycles. The second kappa shape index (κ2) is 6.11. The zero-order valence-corrected chi connectivity index (χ0v) is 10.6. The highest BCUT2D eigenvalue weighted by Crippen LogP contribution is 2.25. The van der Waals surface area contributed by atoms with Gasteiger partial charge in [0.25, 0.3) is 0 Å². The van der Waals surface area contributed by atoms with E-state index in [2.05, 4.69) is 32.4 Å². The molecule has 6 nitrogen and oxygen atoms in total.